The third kappa shape index (κ3) is 2.39. The molecule has 1 aromatic carbocycles. The van der Waals surface area contributed by atoms with Gasteiger partial charge in [0.1, 0.15) is 23.1 Å². The summed E-state index contributed by atoms with van der Waals surface area (Å²) in [7, 11) is 0. The standard InChI is InChI=1S/C13H17NO2S/c1-13(2,3)17(16)14-11(9-15)12(14)10-7-5-4-6-8-10/h4-9,11-12H,1-3H3/t11-,12+,14?,17?/m0/s1. The van der Waals surface area contributed by atoms with Crippen LogP contribution in [-0.4, -0.2) is 25.9 Å². The summed E-state index contributed by atoms with van der Waals surface area (Å²) in [5.41, 5.74) is 1.06. The number of nitrogens with zero attached hydrogens (tertiary/aromatic N) is 1. The zero-order chi connectivity index (χ0) is 12.6. The maximum atomic E-state index is 12.3. The second-order valence-corrected chi connectivity index (χ2v) is 7.35. The van der Waals surface area contributed by atoms with Crippen LogP contribution in [0.2, 0.25) is 0 Å². The van der Waals surface area contributed by atoms with Gasteiger partial charge in [0.15, 0.2) is 0 Å². The van der Waals surface area contributed by atoms with E-state index >= 15 is 0 Å². The molecule has 1 saturated heterocycles. The minimum absolute atomic E-state index is 0.0197. The Bertz CT molecular complexity index is 402. The Morgan fingerprint density at radius 3 is 2.35 bits per heavy atom. The van der Waals surface area contributed by atoms with Crippen molar-refractivity contribution in [2.45, 2.75) is 37.6 Å². The molecule has 0 saturated carbocycles. The zero-order valence-electron chi connectivity index (χ0n) is 10.3. The Morgan fingerprint density at radius 1 is 1.29 bits per heavy atom. The van der Waals surface area contributed by atoms with Gasteiger partial charge >= 0.3 is 0 Å². The molecule has 0 amide bonds. The minimum atomic E-state index is -1.14. The van der Waals surface area contributed by atoms with Gasteiger partial charge in [0.2, 0.25) is 0 Å². The van der Waals surface area contributed by atoms with Gasteiger partial charge in [-0.15, -0.1) is 4.31 Å². The molecular formula is C13H17NO2S. The number of rotatable bonds is 3. The smallest absolute Gasteiger partial charge is 0.143 e. The highest BCUT2D eigenvalue weighted by atomic mass is 32.2. The molecular weight excluding hydrogens is 234 g/mol. The van der Waals surface area contributed by atoms with Gasteiger partial charge in [-0.25, -0.2) is 0 Å². The number of benzene rings is 1. The van der Waals surface area contributed by atoms with Crippen LogP contribution in [0.5, 0.6) is 0 Å². The van der Waals surface area contributed by atoms with Crippen molar-refractivity contribution in [3.8, 4) is 0 Å². The van der Waals surface area contributed by atoms with Crippen molar-refractivity contribution in [3.63, 3.8) is 0 Å². The molecule has 3 nitrogen and oxygen atoms in total. The molecule has 1 fully saturated rings. The number of aldehydes is 1. The van der Waals surface area contributed by atoms with Crippen LogP contribution >= 0.6 is 0 Å². The van der Waals surface area contributed by atoms with Crippen molar-refractivity contribution in [3.05, 3.63) is 35.9 Å². The average Bonchev–Trinajstić information content (AvgIpc) is 3.02. The molecule has 4 heteroatoms. The lowest BCUT2D eigenvalue weighted by atomic mass is 10.1. The van der Waals surface area contributed by atoms with Gasteiger partial charge in [-0.3, -0.25) is 0 Å². The van der Waals surface area contributed by atoms with E-state index in [0.717, 1.165) is 11.8 Å². The third-order valence-electron chi connectivity index (χ3n) is 2.80. The van der Waals surface area contributed by atoms with Crippen molar-refractivity contribution >= 4 is 17.6 Å². The summed E-state index contributed by atoms with van der Waals surface area (Å²) >= 11 is -1.14. The quantitative estimate of drug-likeness (QED) is 0.469. The van der Waals surface area contributed by atoms with Crippen LogP contribution in [0.1, 0.15) is 32.4 Å². The van der Waals surface area contributed by atoms with Crippen LogP contribution in [-0.2, 0) is 16.2 Å². The Kier molecular flexibility index (Phi) is 3.30. The fraction of sp³-hybridized carbons (Fsp3) is 0.462. The van der Waals surface area contributed by atoms with E-state index in [4.69, 9.17) is 0 Å². The second-order valence-electron chi connectivity index (χ2n) is 5.20. The summed E-state index contributed by atoms with van der Waals surface area (Å²) < 4.78 is 13.7. The molecule has 1 aliphatic heterocycles. The van der Waals surface area contributed by atoms with E-state index in [0.29, 0.717) is 0 Å². The minimum Gasteiger partial charge on any atom is -0.597 e. The molecule has 0 radical (unpaired) electrons. The third-order valence-corrected chi connectivity index (χ3v) is 4.70. The summed E-state index contributed by atoms with van der Waals surface area (Å²) in [6.07, 6.45) is 0.890. The van der Waals surface area contributed by atoms with Gasteiger partial charge in [0, 0.05) is 11.4 Å². The van der Waals surface area contributed by atoms with Crippen LogP contribution in [0.3, 0.4) is 0 Å². The fourth-order valence-corrected chi connectivity index (χ4v) is 3.30. The van der Waals surface area contributed by atoms with Crippen molar-refractivity contribution < 1.29 is 9.35 Å². The first-order valence-corrected chi connectivity index (χ1v) is 6.78. The Hall–Kier alpha value is -0.840. The number of carbonyl (C=O) groups excluding carboxylic acids is 1. The van der Waals surface area contributed by atoms with Gasteiger partial charge in [-0.2, -0.15) is 0 Å². The van der Waals surface area contributed by atoms with E-state index < -0.39 is 11.4 Å². The fourth-order valence-electron chi connectivity index (χ4n) is 1.89. The number of hydrogen-bond donors (Lipinski definition) is 0. The lowest BCUT2D eigenvalue weighted by Crippen LogP contribution is -2.34. The highest BCUT2D eigenvalue weighted by molar-refractivity contribution is 7.90. The van der Waals surface area contributed by atoms with Crippen molar-refractivity contribution in [2.24, 2.45) is 0 Å². The summed E-state index contributed by atoms with van der Waals surface area (Å²) in [6.45, 7) is 5.77. The molecule has 0 aliphatic carbocycles. The van der Waals surface area contributed by atoms with Crippen LogP contribution in [0.15, 0.2) is 30.3 Å². The van der Waals surface area contributed by atoms with Crippen LogP contribution in [0, 0.1) is 0 Å². The first-order chi connectivity index (χ1) is 7.96. The van der Waals surface area contributed by atoms with Crippen molar-refractivity contribution in [2.75, 3.05) is 0 Å². The molecule has 17 heavy (non-hydrogen) atoms. The lowest BCUT2D eigenvalue weighted by molar-refractivity contribution is -0.107. The van der Waals surface area contributed by atoms with E-state index in [2.05, 4.69) is 0 Å². The number of hydrogen-bond acceptors (Lipinski definition) is 3. The van der Waals surface area contributed by atoms with E-state index in [1.54, 1.807) is 4.31 Å². The Balaban J connectivity index is 2.19. The van der Waals surface area contributed by atoms with E-state index in [-0.39, 0.29) is 16.8 Å². The van der Waals surface area contributed by atoms with Crippen molar-refractivity contribution in [1.29, 1.82) is 0 Å². The van der Waals surface area contributed by atoms with Crippen LogP contribution < -0.4 is 0 Å². The first-order valence-electron chi connectivity index (χ1n) is 5.67. The lowest BCUT2D eigenvalue weighted by Gasteiger charge is -2.24. The molecule has 0 N–H and O–H groups in total. The normalized spacial score (nSPS) is 29.8. The van der Waals surface area contributed by atoms with Gasteiger partial charge in [0.25, 0.3) is 0 Å². The van der Waals surface area contributed by atoms with Gasteiger partial charge in [-0.05, 0) is 26.3 Å². The molecule has 2 rings (SSSR count). The molecule has 1 aromatic rings. The molecule has 2 unspecified atom stereocenters. The molecule has 0 bridgehead atoms. The zero-order valence-corrected chi connectivity index (χ0v) is 11.1. The molecule has 0 aromatic heterocycles. The maximum Gasteiger partial charge on any atom is 0.143 e. The molecule has 4 atom stereocenters. The predicted octanol–water partition coefficient (Wildman–Crippen LogP) is 2.07. The first kappa shape index (κ1) is 12.6. The highest BCUT2D eigenvalue weighted by Crippen LogP contribution is 2.47. The Morgan fingerprint density at radius 2 is 1.88 bits per heavy atom. The van der Waals surface area contributed by atoms with E-state index in [1.807, 2.05) is 51.1 Å². The second kappa shape index (κ2) is 4.44. The summed E-state index contributed by atoms with van der Waals surface area (Å²) in [4.78, 5) is 11.0. The highest BCUT2D eigenvalue weighted by Gasteiger charge is 2.59. The number of carbonyl (C=O) groups is 1. The molecule has 92 valence electrons. The predicted molar refractivity (Wildman–Crippen MR) is 68.8 cm³/mol. The molecule has 1 aliphatic rings. The Labute approximate surface area is 105 Å². The molecule has 1 heterocycles. The summed E-state index contributed by atoms with van der Waals surface area (Å²) in [5.74, 6) is 0. The summed E-state index contributed by atoms with van der Waals surface area (Å²) in [5, 5.41) is 0. The maximum absolute atomic E-state index is 12.3. The van der Waals surface area contributed by atoms with E-state index in [9.17, 15) is 9.35 Å². The SMILES string of the molecule is CC(C)(C)[S+]([O-])N1[C@H](c2ccccc2)[C@@H]1C=O. The molecule has 0 spiro atoms. The average molecular weight is 251 g/mol. The summed E-state index contributed by atoms with van der Waals surface area (Å²) in [6, 6.07) is 9.50. The van der Waals surface area contributed by atoms with Crippen LogP contribution in [0.4, 0.5) is 0 Å². The van der Waals surface area contributed by atoms with Gasteiger partial charge in [-0.1, -0.05) is 30.3 Å². The largest absolute Gasteiger partial charge is 0.597 e. The monoisotopic (exact) mass is 251 g/mol. The topological polar surface area (TPSA) is 43.1 Å². The van der Waals surface area contributed by atoms with E-state index in [1.165, 1.54) is 0 Å². The van der Waals surface area contributed by atoms with Gasteiger partial charge in [0.05, 0.1) is 0 Å². The van der Waals surface area contributed by atoms with Crippen LogP contribution in [0.25, 0.3) is 0 Å². The van der Waals surface area contributed by atoms with Gasteiger partial charge < -0.3 is 9.35 Å². The van der Waals surface area contributed by atoms with Crippen molar-refractivity contribution in [1.82, 2.24) is 4.31 Å².